The molecule has 2 saturated heterocycles. The number of carbonyl (C=O) groups excluding carboxylic acids is 1. The summed E-state index contributed by atoms with van der Waals surface area (Å²) in [6.45, 7) is 3.14. The third-order valence-corrected chi connectivity index (χ3v) is 3.65. The molecule has 0 radical (unpaired) electrons. The van der Waals surface area contributed by atoms with E-state index < -0.39 is 17.7 Å². The fraction of sp³-hybridized carbons (Fsp3) is 0.727. The maximum atomic E-state index is 11.1. The van der Waals surface area contributed by atoms with Crippen LogP contribution in [0.3, 0.4) is 0 Å². The van der Waals surface area contributed by atoms with Crippen LogP contribution in [-0.2, 0) is 19.1 Å². The van der Waals surface area contributed by atoms with E-state index >= 15 is 0 Å². The van der Waals surface area contributed by atoms with Crippen molar-refractivity contribution >= 4 is 11.7 Å². The number of rotatable bonds is 1. The molecule has 0 spiro atoms. The van der Waals surface area contributed by atoms with Gasteiger partial charge in [-0.25, -0.2) is 0 Å². The summed E-state index contributed by atoms with van der Waals surface area (Å²) in [7, 11) is 0. The van der Waals surface area contributed by atoms with Crippen LogP contribution < -0.4 is 0 Å². The molecule has 0 saturated carbocycles. The predicted molar refractivity (Wildman–Crippen MR) is 54.9 cm³/mol. The summed E-state index contributed by atoms with van der Waals surface area (Å²) in [4.78, 5) is 16.4. The molecule has 3 heterocycles. The van der Waals surface area contributed by atoms with Crippen LogP contribution in [0.15, 0.2) is 5.16 Å². The molecule has 17 heavy (non-hydrogen) atoms. The Morgan fingerprint density at radius 3 is 3.12 bits per heavy atom. The zero-order valence-electron chi connectivity index (χ0n) is 9.54. The van der Waals surface area contributed by atoms with Crippen LogP contribution in [0, 0.1) is 17.2 Å². The molecular formula is C11H12N2O4. The molecule has 0 aromatic heterocycles. The number of esters is 1. The molecule has 90 valence electrons. The first-order valence-electron chi connectivity index (χ1n) is 5.54. The Bertz CT molecular complexity index is 455. The normalized spacial score (nSPS) is 45.8. The van der Waals surface area contributed by atoms with Crippen LogP contribution in [0.4, 0.5) is 0 Å². The second kappa shape index (κ2) is 3.20. The van der Waals surface area contributed by atoms with Crippen molar-refractivity contribution in [2.75, 3.05) is 0 Å². The van der Waals surface area contributed by atoms with E-state index in [9.17, 15) is 10.1 Å². The van der Waals surface area contributed by atoms with E-state index in [0.29, 0.717) is 6.42 Å². The topological polar surface area (TPSA) is 80.9 Å². The summed E-state index contributed by atoms with van der Waals surface area (Å²) in [6, 6.07) is 2.09. The molecule has 2 bridgehead atoms. The van der Waals surface area contributed by atoms with Crippen molar-refractivity contribution in [1.29, 1.82) is 5.26 Å². The van der Waals surface area contributed by atoms with Gasteiger partial charge >= 0.3 is 5.97 Å². The Morgan fingerprint density at radius 1 is 1.71 bits per heavy atom. The summed E-state index contributed by atoms with van der Waals surface area (Å²) in [5, 5.41) is 13.2. The van der Waals surface area contributed by atoms with E-state index in [-0.39, 0.29) is 18.1 Å². The first-order valence-corrected chi connectivity index (χ1v) is 5.54. The molecule has 3 aliphatic heterocycles. The Kier molecular flexibility index (Phi) is 1.98. The van der Waals surface area contributed by atoms with Gasteiger partial charge in [-0.15, -0.1) is 0 Å². The summed E-state index contributed by atoms with van der Waals surface area (Å²) < 4.78 is 10.9. The predicted octanol–water partition coefficient (Wildman–Crippen LogP) is 0.374. The zero-order valence-corrected chi connectivity index (χ0v) is 9.54. The lowest BCUT2D eigenvalue weighted by Crippen LogP contribution is -2.51. The van der Waals surface area contributed by atoms with Gasteiger partial charge in [-0.2, -0.15) is 5.26 Å². The lowest BCUT2D eigenvalue weighted by atomic mass is 9.75. The van der Waals surface area contributed by atoms with Gasteiger partial charge in [0.2, 0.25) is 5.60 Å². The Balaban J connectivity index is 1.94. The number of nitriles is 1. The van der Waals surface area contributed by atoms with Gasteiger partial charge in [0, 0.05) is 13.3 Å². The first kappa shape index (κ1) is 10.5. The molecule has 3 rings (SSSR count). The lowest BCUT2D eigenvalue weighted by Gasteiger charge is -2.32. The monoisotopic (exact) mass is 236 g/mol. The van der Waals surface area contributed by atoms with Gasteiger partial charge in [-0.3, -0.25) is 4.79 Å². The third-order valence-electron chi connectivity index (χ3n) is 3.65. The second-order valence-corrected chi connectivity index (χ2v) is 4.72. The van der Waals surface area contributed by atoms with Gasteiger partial charge in [-0.1, -0.05) is 5.16 Å². The fourth-order valence-electron chi connectivity index (χ4n) is 3.02. The molecular weight excluding hydrogens is 224 g/mol. The molecule has 0 unspecified atom stereocenters. The van der Waals surface area contributed by atoms with Crippen molar-refractivity contribution in [1.82, 2.24) is 0 Å². The number of hydrogen-bond donors (Lipinski definition) is 0. The van der Waals surface area contributed by atoms with Crippen molar-refractivity contribution < 1.29 is 19.1 Å². The maximum Gasteiger partial charge on any atom is 0.304 e. The molecule has 2 fully saturated rings. The average Bonchev–Trinajstić information content (AvgIpc) is 2.89. The minimum Gasteiger partial charge on any atom is -0.441 e. The SMILES string of the molecule is CC(=O)O[C@@]1(C#N)C[C@@H]2O[C@H]1[C@H]1C(C)=NO[C@H]12. The maximum absolute atomic E-state index is 11.1. The average molecular weight is 236 g/mol. The summed E-state index contributed by atoms with van der Waals surface area (Å²) in [6.07, 6.45) is -0.447. The number of carbonyl (C=O) groups is 1. The van der Waals surface area contributed by atoms with Gasteiger partial charge in [-0.05, 0) is 6.92 Å². The molecule has 0 aromatic rings. The summed E-state index contributed by atoms with van der Waals surface area (Å²) in [5.74, 6) is -0.541. The standard InChI is InChI=1S/C11H12N2O4/c1-5-8-9(17-13-5)7-3-11(4-12,10(8)15-7)16-6(2)14/h7-10H,3H2,1-2H3/t7-,8-,9-,10-,11+/m0/s1. The van der Waals surface area contributed by atoms with Crippen LogP contribution in [-0.4, -0.2) is 35.6 Å². The smallest absolute Gasteiger partial charge is 0.304 e. The van der Waals surface area contributed by atoms with E-state index in [1.807, 2.05) is 6.92 Å². The van der Waals surface area contributed by atoms with E-state index in [2.05, 4.69) is 11.2 Å². The largest absolute Gasteiger partial charge is 0.441 e. The van der Waals surface area contributed by atoms with Crippen molar-refractivity contribution in [3.63, 3.8) is 0 Å². The van der Waals surface area contributed by atoms with E-state index in [4.69, 9.17) is 14.3 Å². The van der Waals surface area contributed by atoms with Gasteiger partial charge in [0.15, 0.2) is 6.10 Å². The Morgan fingerprint density at radius 2 is 2.47 bits per heavy atom. The van der Waals surface area contributed by atoms with Crippen LogP contribution >= 0.6 is 0 Å². The van der Waals surface area contributed by atoms with Gasteiger partial charge in [0.25, 0.3) is 0 Å². The van der Waals surface area contributed by atoms with Crippen molar-refractivity contribution in [3.8, 4) is 6.07 Å². The van der Waals surface area contributed by atoms with Gasteiger partial charge in [0.05, 0.1) is 11.6 Å². The van der Waals surface area contributed by atoms with Crippen LogP contribution in [0.25, 0.3) is 0 Å². The van der Waals surface area contributed by atoms with E-state index in [1.54, 1.807) is 0 Å². The highest BCUT2D eigenvalue weighted by atomic mass is 16.7. The number of hydrogen-bond acceptors (Lipinski definition) is 6. The molecule has 5 atom stereocenters. The molecule has 0 amide bonds. The highest BCUT2D eigenvalue weighted by Gasteiger charge is 2.68. The Hall–Kier alpha value is -1.61. The van der Waals surface area contributed by atoms with Gasteiger partial charge in [0.1, 0.15) is 18.3 Å². The van der Waals surface area contributed by atoms with Crippen LogP contribution in [0.1, 0.15) is 20.3 Å². The highest BCUT2D eigenvalue weighted by Crippen LogP contribution is 2.50. The molecule has 3 aliphatic rings. The number of oxime groups is 1. The minimum absolute atomic E-state index is 0.0762. The molecule has 0 aromatic carbocycles. The van der Waals surface area contributed by atoms with Crippen LogP contribution in [0.2, 0.25) is 0 Å². The van der Waals surface area contributed by atoms with E-state index in [0.717, 1.165) is 5.71 Å². The number of fused-ring (bicyclic) bond motifs is 5. The van der Waals surface area contributed by atoms with E-state index in [1.165, 1.54) is 6.92 Å². The molecule has 0 aliphatic carbocycles. The number of nitrogens with zero attached hydrogens (tertiary/aromatic N) is 2. The Labute approximate surface area is 98.1 Å². The molecule has 6 nitrogen and oxygen atoms in total. The quantitative estimate of drug-likeness (QED) is 0.614. The van der Waals surface area contributed by atoms with Gasteiger partial charge < -0.3 is 14.3 Å². The minimum atomic E-state index is -1.18. The molecule has 0 N–H and O–H groups in total. The third kappa shape index (κ3) is 1.23. The summed E-state index contributed by atoms with van der Waals surface area (Å²) in [5.41, 5.74) is -0.378. The van der Waals surface area contributed by atoms with Crippen molar-refractivity contribution in [2.45, 2.75) is 44.2 Å². The zero-order chi connectivity index (χ0) is 12.2. The van der Waals surface area contributed by atoms with Crippen molar-refractivity contribution in [3.05, 3.63) is 0 Å². The highest BCUT2D eigenvalue weighted by molar-refractivity contribution is 5.87. The number of ether oxygens (including phenoxy) is 2. The lowest BCUT2D eigenvalue weighted by molar-refractivity contribution is -0.157. The fourth-order valence-corrected chi connectivity index (χ4v) is 3.02. The molecule has 6 heteroatoms. The van der Waals surface area contributed by atoms with Crippen LogP contribution in [0.5, 0.6) is 0 Å². The summed E-state index contributed by atoms with van der Waals surface area (Å²) >= 11 is 0. The second-order valence-electron chi connectivity index (χ2n) is 4.72. The first-order chi connectivity index (χ1) is 8.07. The van der Waals surface area contributed by atoms with Crippen molar-refractivity contribution in [2.24, 2.45) is 11.1 Å².